The molecule has 0 bridgehead atoms. The summed E-state index contributed by atoms with van der Waals surface area (Å²) in [5.41, 5.74) is 4.21. The molecule has 2 aromatic heterocycles. The molecule has 1 fully saturated rings. The number of aromatic nitrogens is 1. The number of rotatable bonds is 2. The second-order valence-electron chi connectivity index (χ2n) is 10.3. The molecule has 172 valence electrons. The lowest BCUT2D eigenvalue weighted by molar-refractivity contribution is 0.00578. The van der Waals surface area contributed by atoms with Gasteiger partial charge in [0, 0.05) is 22.4 Å². The fourth-order valence-electron chi connectivity index (χ4n) is 4.79. The van der Waals surface area contributed by atoms with Gasteiger partial charge in [-0.05, 0) is 68.2 Å². The Morgan fingerprint density at radius 3 is 2.20 bits per heavy atom. The number of hydrogen-bond donors (Lipinski definition) is 0. The highest BCUT2D eigenvalue weighted by molar-refractivity contribution is 6.62. The van der Waals surface area contributed by atoms with Gasteiger partial charge in [-0.25, -0.2) is 4.98 Å². The number of oxazole rings is 1. The number of fused-ring (bicyclic) bond motifs is 5. The maximum atomic E-state index is 6.26. The summed E-state index contributed by atoms with van der Waals surface area (Å²) in [6.45, 7) is 8.25. The summed E-state index contributed by atoms with van der Waals surface area (Å²) in [4.78, 5) is 4.76. The smallest absolute Gasteiger partial charge is 0.456 e. The van der Waals surface area contributed by atoms with E-state index in [1.165, 1.54) is 5.39 Å². The number of benzene rings is 4. The maximum Gasteiger partial charge on any atom is 0.494 e. The first kappa shape index (κ1) is 20.7. The average molecular weight is 461 g/mol. The van der Waals surface area contributed by atoms with Crippen LogP contribution in [0.4, 0.5) is 0 Å². The Bertz CT molecular complexity index is 1760. The van der Waals surface area contributed by atoms with E-state index in [0.29, 0.717) is 5.89 Å². The Morgan fingerprint density at radius 1 is 0.657 bits per heavy atom. The molecule has 3 heterocycles. The van der Waals surface area contributed by atoms with E-state index in [9.17, 15) is 0 Å². The Morgan fingerprint density at radius 2 is 1.40 bits per heavy atom. The third kappa shape index (κ3) is 3.14. The van der Waals surface area contributed by atoms with Crippen molar-refractivity contribution in [1.29, 1.82) is 0 Å². The molecule has 0 saturated carbocycles. The molecule has 0 radical (unpaired) electrons. The van der Waals surface area contributed by atoms with Crippen molar-refractivity contribution in [2.24, 2.45) is 0 Å². The molecule has 0 aliphatic carbocycles. The van der Waals surface area contributed by atoms with Crippen LogP contribution in [-0.4, -0.2) is 23.3 Å². The van der Waals surface area contributed by atoms with E-state index in [1.807, 2.05) is 42.5 Å². The average Bonchev–Trinajstić information content (AvgIpc) is 3.47. The second-order valence-corrected chi connectivity index (χ2v) is 10.3. The molecule has 0 atom stereocenters. The zero-order chi connectivity index (χ0) is 23.9. The molecule has 5 nitrogen and oxygen atoms in total. The lowest BCUT2D eigenvalue weighted by atomic mass is 9.78. The Labute approximate surface area is 202 Å². The SMILES string of the molecule is CC1(C)OB(c2ccc3oc4cc5nc(-c6ccc7ccccc7c6)oc5cc4c3c2)OC1(C)C. The molecule has 6 aromatic rings. The van der Waals surface area contributed by atoms with Crippen molar-refractivity contribution in [2.75, 3.05) is 0 Å². The van der Waals surface area contributed by atoms with Crippen LogP contribution in [0.2, 0.25) is 0 Å². The monoisotopic (exact) mass is 461 g/mol. The summed E-state index contributed by atoms with van der Waals surface area (Å²) in [6.07, 6.45) is 0. The minimum atomic E-state index is -0.428. The van der Waals surface area contributed by atoms with Crippen LogP contribution in [0.3, 0.4) is 0 Å². The van der Waals surface area contributed by atoms with Crippen molar-refractivity contribution in [3.8, 4) is 11.5 Å². The molecule has 0 spiro atoms. The summed E-state index contributed by atoms with van der Waals surface area (Å²) in [7, 11) is -0.428. The van der Waals surface area contributed by atoms with Gasteiger partial charge in [0.15, 0.2) is 5.58 Å². The highest BCUT2D eigenvalue weighted by Crippen LogP contribution is 2.38. The lowest BCUT2D eigenvalue weighted by Gasteiger charge is -2.32. The first-order valence-electron chi connectivity index (χ1n) is 11.9. The molecule has 6 heteroatoms. The van der Waals surface area contributed by atoms with Crippen molar-refractivity contribution in [3.05, 3.63) is 72.8 Å². The maximum absolute atomic E-state index is 6.26. The minimum Gasteiger partial charge on any atom is -0.456 e. The molecule has 1 aliphatic rings. The van der Waals surface area contributed by atoms with Crippen molar-refractivity contribution in [3.63, 3.8) is 0 Å². The van der Waals surface area contributed by atoms with Crippen LogP contribution < -0.4 is 5.46 Å². The summed E-state index contributed by atoms with van der Waals surface area (Å²) in [6, 6.07) is 24.6. The molecule has 0 amide bonds. The van der Waals surface area contributed by atoms with E-state index in [2.05, 4.69) is 58.0 Å². The van der Waals surface area contributed by atoms with Crippen LogP contribution in [0.15, 0.2) is 81.6 Å². The van der Waals surface area contributed by atoms with Crippen LogP contribution in [0, 0.1) is 0 Å². The predicted molar refractivity (Wildman–Crippen MR) is 140 cm³/mol. The van der Waals surface area contributed by atoms with Gasteiger partial charge in [0.2, 0.25) is 5.89 Å². The standard InChI is InChI=1S/C29H24BNO4/c1-28(2)29(3,4)35-30(34-28)20-11-12-24-21(14-20)22-15-26-23(16-25(22)32-24)31-27(33-26)19-10-9-17-7-5-6-8-18(17)13-19/h5-16H,1-4H3. The Hall–Kier alpha value is -3.61. The quantitative estimate of drug-likeness (QED) is 0.264. The third-order valence-corrected chi connectivity index (χ3v) is 7.53. The second kappa shape index (κ2) is 6.97. The van der Waals surface area contributed by atoms with Gasteiger partial charge < -0.3 is 18.1 Å². The molecule has 1 aliphatic heterocycles. The van der Waals surface area contributed by atoms with Crippen molar-refractivity contribution in [1.82, 2.24) is 4.98 Å². The number of furan rings is 1. The summed E-state index contributed by atoms with van der Waals surface area (Å²) in [5.74, 6) is 0.598. The normalized spacial score (nSPS) is 17.3. The van der Waals surface area contributed by atoms with Crippen LogP contribution >= 0.6 is 0 Å². The van der Waals surface area contributed by atoms with E-state index in [0.717, 1.165) is 49.5 Å². The van der Waals surface area contributed by atoms with E-state index >= 15 is 0 Å². The Kier molecular flexibility index (Phi) is 4.13. The van der Waals surface area contributed by atoms with Gasteiger partial charge in [0.1, 0.15) is 16.7 Å². The van der Waals surface area contributed by atoms with Crippen molar-refractivity contribution >= 4 is 56.4 Å². The van der Waals surface area contributed by atoms with E-state index in [4.69, 9.17) is 23.1 Å². The van der Waals surface area contributed by atoms with Gasteiger partial charge in [-0.15, -0.1) is 0 Å². The van der Waals surface area contributed by atoms with Gasteiger partial charge in [-0.3, -0.25) is 0 Å². The van der Waals surface area contributed by atoms with Gasteiger partial charge >= 0.3 is 7.12 Å². The fraction of sp³-hybridized carbons (Fsp3) is 0.207. The van der Waals surface area contributed by atoms with E-state index in [1.54, 1.807) is 0 Å². The molecule has 0 unspecified atom stereocenters. The summed E-state index contributed by atoms with van der Waals surface area (Å²) in [5, 5.41) is 4.32. The largest absolute Gasteiger partial charge is 0.494 e. The van der Waals surface area contributed by atoms with Crippen LogP contribution in [-0.2, 0) is 9.31 Å². The van der Waals surface area contributed by atoms with E-state index < -0.39 is 18.3 Å². The number of hydrogen-bond acceptors (Lipinski definition) is 5. The molecule has 7 rings (SSSR count). The van der Waals surface area contributed by atoms with Crippen LogP contribution in [0.25, 0.3) is 55.3 Å². The van der Waals surface area contributed by atoms with Gasteiger partial charge in [-0.2, -0.15) is 0 Å². The van der Waals surface area contributed by atoms with Gasteiger partial charge in [0.25, 0.3) is 0 Å². The molecule has 4 aromatic carbocycles. The third-order valence-electron chi connectivity index (χ3n) is 7.53. The zero-order valence-corrected chi connectivity index (χ0v) is 20.1. The Balaban J connectivity index is 1.32. The molecule has 0 N–H and O–H groups in total. The highest BCUT2D eigenvalue weighted by Gasteiger charge is 2.51. The van der Waals surface area contributed by atoms with Crippen LogP contribution in [0.1, 0.15) is 27.7 Å². The first-order chi connectivity index (χ1) is 16.8. The topological polar surface area (TPSA) is 57.6 Å². The predicted octanol–water partition coefficient (Wildman–Crippen LogP) is 6.85. The molecule has 35 heavy (non-hydrogen) atoms. The minimum absolute atomic E-state index is 0.393. The molecular formula is C29H24BNO4. The van der Waals surface area contributed by atoms with Crippen LogP contribution in [0.5, 0.6) is 0 Å². The van der Waals surface area contributed by atoms with Gasteiger partial charge in [-0.1, -0.05) is 42.5 Å². The summed E-state index contributed by atoms with van der Waals surface area (Å²) >= 11 is 0. The number of nitrogens with zero attached hydrogens (tertiary/aromatic N) is 1. The van der Waals surface area contributed by atoms with E-state index in [-0.39, 0.29) is 0 Å². The van der Waals surface area contributed by atoms with Gasteiger partial charge in [0.05, 0.1) is 11.2 Å². The molecule has 1 saturated heterocycles. The first-order valence-corrected chi connectivity index (χ1v) is 11.9. The van der Waals surface area contributed by atoms with Crippen molar-refractivity contribution in [2.45, 2.75) is 38.9 Å². The fourth-order valence-corrected chi connectivity index (χ4v) is 4.79. The highest BCUT2D eigenvalue weighted by atomic mass is 16.7. The molecular weight excluding hydrogens is 437 g/mol. The zero-order valence-electron chi connectivity index (χ0n) is 20.1. The van der Waals surface area contributed by atoms with Crippen molar-refractivity contribution < 1.29 is 18.1 Å². The lowest BCUT2D eigenvalue weighted by Crippen LogP contribution is -2.41. The summed E-state index contributed by atoms with van der Waals surface area (Å²) < 4.78 is 24.9.